The van der Waals surface area contributed by atoms with Crippen molar-refractivity contribution in [3.63, 3.8) is 0 Å². The summed E-state index contributed by atoms with van der Waals surface area (Å²) in [6.07, 6.45) is -0.343. The SMILES string of the molecule is Cc1ccc(C(C(=O)O)N2CCN(C(=O)OC(C)(C)C)CC2)cc1. The largest absolute Gasteiger partial charge is 0.480 e. The van der Waals surface area contributed by atoms with Gasteiger partial charge in [0.25, 0.3) is 0 Å². The smallest absolute Gasteiger partial charge is 0.410 e. The van der Waals surface area contributed by atoms with E-state index in [9.17, 15) is 14.7 Å². The Labute approximate surface area is 143 Å². The van der Waals surface area contributed by atoms with Gasteiger partial charge >= 0.3 is 12.1 Å². The van der Waals surface area contributed by atoms with Crippen LogP contribution in [0.15, 0.2) is 24.3 Å². The van der Waals surface area contributed by atoms with Crippen molar-refractivity contribution < 1.29 is 19.4 Å². The zero-order chi connectivity index (χ0) is 17.9. The molecular weight excluding hydrogens is 308 g/mol. The summed E-state index contributed by atoms with van der Waals surface area (Å²) in [6.45, 7) is 9.40. The van der Waals surface area contributed by atoms with E-state index in [1.54, 1.807) is 4.90 Å². The predicted octanol–water partition coefficient (Wildman–Crippen LogP) is 2.67. The highest BCUT2D eigenvalue weighted by atomic mass is 16.6. The number of piperazine rings is 1. The van der Waals surface area contributed by atoms with Gasteiger partial charge in [-0.1, -0.05) is 29.8 Å². The quantitative estimate of drug-likeness (QED) is 0.920. The predicted molar refractivity (Wildman–Crippen MR) is 90.9 cm³/mol. The van der Waals surface area contributed by atoms with Crippen LogP contribution in [0.1, 0.15) is 37.9 Å². The number of carbonyl (C=O) groups is 2. The third-order valence-electron chi connectivity index (χ3n) is 3.96. The first kappa shape index (κ1) is 18.3. The van der Waals surface area contributed by atoms with E-state index in [1.165, 1.54) is 0 Å². The minimum atomic E-state index is -0.871. The molecule has 1 fully saturated rings. The molecule has 0 aromatic heterocycles. The number of amides is 1. The van der Waals surface area contributed by atoms with Crippen LogP contribution in [0.5, 0.6) is 0 Å². The van der Waals surface area contributed by atoms with Gasteiger partial charge in [-0.15, -0.1) is 0 Å². The van der Waals surface area contributed by atoms with Crippen molar-refractivity contribution in [1.82, 2.24) is 9.80 Å². The maximum Gasteiger partial charge on any atom is 0.410 e. The molecule has 2 rings (SSSR count). The fraction of sp³-hybridized carbons (Fsp3) is 0.556. The monoisotopic (exact) mass is 334 g/mol. The lowest BCUT2D eigenvalue weighted by Crippen LogP contribution is -2.51. The van der Waals surface area contributed by atoms with E-state index in [2.05, 4.69) is 0 Å². The molecule has 1 aromatic carbocycles. The number of nitrogens with zero attached hydrogens (tertiary/aromatic N) is 2. The molecule has 0 radical (unpaired) electrons. The molecule has 132 valence electrons. The highest BCUT2D eigenvalue weighted by Crippen LogP contribution is 2.23. The summed E-state index contributed by atoms with van der Waals surface area (Å²) in [7, 11) is 0. The summed E-state index contributed by atoms with van der Waals surface area (Å²) in [4.78, 5) is 27.4. The number of aryl methyl sites for hydroxylation is 1. The number of ether oxygens (including phenoxy) is 1. The standard InChI is InChI=1S/C18H26N2O4/c1-13-5-7-14(8-6-13)15(16(21)22)19-9-11-20(12-10-19)17(23)24-18(2,3)4/h5-8,15H,9-12H2,1-4H3,(H,21,22). The lowest BCUT2D eigenvalue weighted by Gasteiger charge is -2.38. The number of rotatable bonds is 3. The van der Waals surface area contributed by atoms with Gasteiger partial charge in [0.15, 0.2) is 0 Å². The van der Waals surface area contributed by atoms with E-state index < -0.39 is 17.6 Å². The van der Waals surface area contributed by atoms with Crippen LogP contribution in [0.2, 0.25) is 0 Å². The van der Waals surface area contributed by atoms with Crippen molar-refractivity contribution in [3.8, 4) is 0 Å². The molecule has 1 atom stereocenters. The van der Waals surface area contributed by atoms with E-state index in [0.29, 0.717) is 26.2 Å². The zero-order valence-corrected chi connectivity index (χ0v) is 14.8. The van der Waals surface area contributed by atoms with Crippen LogP contribution in [0.4, 0.5) is 4.79 Å². The van der Waals surface area contributed by atoms with Gasteiger partial charge in [0, 0.05) is 26.2 Å². The van der Waals surface area contributed by atoms with E-state index in [4.69, 9.17) is 4.74 Å². The number of carboxylic acids is 1. The Bertz CT molecular complexity index is 584. The van der Waals surface area contributed by atoms with Crippen LogP contribution in [0.25, 0.3) is 0 Å². The van der Waals surface area contributed by atoms with Crippen LogP contribution in [-0.4, -0.2) is 58.7 Å². The van der Waals surface area contributed by atoms with E-state index in [1.807, 2.05) is 56.9 Å². The van der Waals surface area contributed by atoms with Crippen molar-refractivity contribution in [3.05, 3.63) is 35.4 Å². The van der Waals surface area contributed by atoms with Crippen LogP contribution in [0, 0.1) is 6.92 Å². The van der Waals surface area contributed by atoms with Gasteiger partial charge in [0.1, 0.15) is 11.6 Å². The van der Waals surface area contributed by atoms with Gasteiger partial charge < -0.3 is 14.7 Å². The van der Waals surface area contributed by atoms with Gasteiger partial charge in [0.05, 0.1) is 0 Å². The second kappa shape index (κ2) is 7.21. The van der Waals surface area contributed by atoms with Crippen molar-refractivity contribution in [2.24, 2.45) is 0 Å². The fourth-order valence-electron chi connectivity index (χ4n) is 2.75. The Morgan fingerprint density at radius 1 is 1.08 bits per heavy atom. The molecule has 0 aliphatic carbocycles. The lowest BCUT2D eigenvalue weighted by molar-refractivity contribution is -0.144. The van der Waals surface area contributed by atoms with Gasteiger partial charge in [-0.25, -0.2) is 4.79 Å². The van der Waals surface area contributed by atoms with Crippen molar-refractivity contribution >= 4 is 12.1 Å². The second-order valence-electron chi connectivity index (χ2n) is 7.15. The molecule has 0 spiro atoms. The van der Waals surface area contributed by atoms with Crippen LogP contribution in [0.3, 0.4) is 0 Å². The van der Waals surface area contributed by atoms with Gasteiger partial charge in [-0.2, -0.15) is 0 Å². The molecule has 6 heteroatoms. The number of aliphatic carboxylic acids is 1. The van der Waals surface area contributed by atoms with Crippen molar-refractivity contribution in [2.75, 3.05) is 26.2 Å². The van der Waals surface area contributed by atoms with Gasteiger partial charge in [0.2, 0.25) is 0 Å². The van der Waals surface area contributed by atoms with E-state index in [-0.39, 0.29) is 6.09 Å². The maximum atomic E-state index is 12.1. The Morgan fingerprint density at radius 3 is 2.08 bits per heavy atom. The number of hydrogen-bond acceptors (Lipinski definition) is 4. The number of carbonyl (C=O) groups excluding carboxylic acids is 1. The normalized spacial score (nSPS) is 17.4. The van der Waals surface area contributed by atoms with Crippen LogP contribution < -0.4 is 0 Å². The first-order valence-electron chi connectivity index (χ1n) is 8.19. The number of hydrogen-bond donors (Lipinski definition) is 1. The average molecular weight is 334 g/mol. The molecular formula is C18H26N2O4. The minimum Gasteiger partial charge on any atom is -0.480 e. The molecule has 24 heavy (non-hydrogen) atoms. The molecule has 0 bridgehead atoms. The van der Waals surface area contributed by atoms with Gasteiger partial charge in [-0.05, 0) is 33.3 Å². The topological polar surface area (TPSA) is 70.1 Å². The van der Waals surface area contributed by atoms with Gasteiger partial charge in [-0.3, -0.25) is 9.69 Å². The van der Waals surface area contributed by atoms with Crippen LogP contribution in [-0.2, 0) is 9.53 Å². The Balaban J connectivity index is 2.02. The molecule has 1 heterocycles. The van der Waals surface area contributed by atoms with Crippen molar-refractivity contribution in [1.29, 1.82) is 0 Å². The lowest BCUT2D eigenvalue weighted by atomic mass is 10.0. The summed E-state index contributed by atoms with van der Waals surface area (Å²) in [5.41, 5.74) is 1.33. The molecule has 1 saturated heterocycles. The Morgan fingerprint density at radius 2 is 1.62 bits per heavy atom. The molecule has 1 aromatic rings. The highest BCUT2D eigenvalue weighted by Gasteiger charge is 2.32. The third kappa shape index (κ3) is 4.71. The molecule has 1 N–H and O–H groups in total. The molecule has 1 aliphatic rings. The molecule has 1 amide bonds. The molecule has 1 aliphatic heterocycles. The first-order chi connectivity index (χ1) is 11.2. The zero-order valence-electron chi connectivity index (χ0n) is 14.8. The summed E-state index contributed by atoms with van der Waals surface area (Å²) in [5, 5.41) is 9.63. The average Bonchev–Trinajstić information content (AvgIpc) is 2.48. The minimum absolute atomic E-state index is 0.343. The molecule has 0 saturated carbocycles. The Kier molecular flexibility index (Phi) is 5.49. The first-order valence-corrected chi connectivity index (χ1v) is 8.19. The molecule has 6 nitrogen and oxygen atoms in total. The van der Waals surface area contributed by atoms with E-state index in [0.717, 1.165) is 11.1 Å². The number of benzene rings is 1. The van der Waals surface area contributed by atoms with Crippen LogP contribution >= 0.6 is 0 Å². The maximum absolute atomic E-state index is 12.1. The van der Waals surface area contributed by atoms with E-state index >= 15 is 0 Å². The third-order valence-corrected chi connectivity index (χ3v) is 3.96. The van der Waals surface area contributed by atoms with Crippen molar-refractivity contribution in [2.45, 2.75) is 39.3 Å². The fourth-order valence-corrected chi connectivity index (χ4v) is 2.75. The summed E-state index contributed by atoms with van der Waals surface area (Å²) < 4.78 is 5.37. The summed E-state index contributed by atoms with van der Waals surface area (Å²) in [6, 6.07) is 6.86. The molecule has 1 unspecified atom stereocenters. The summed E-state index contributed by atoms with van der Waals surface area (Å²) >= 11 is 0. The Hall–Kier alpha value is -2.08. The second-order valence-corrected chi connectivity index (χ2v) is 7.15. The highest BCUT2D eigenvalue weighted by molar-refractivity contribution is 5.75. The summed E-state index contributed by atoms with van der Waals surface area (Å²) in [5.74, 6) is -0.871. The number of carboxylic acid groups (broad SMARTS) is 1.